The summed E-state index contributed by atoms with van der Waals surface area (Å²) in [5, 5.41) is 10.1. The first kappa shape index (κ1) is 39.8. The highest BCUT2D eigenvalue weighted by atomic mass is 32.1. The molecule has 2 heteroatoms. The molecule has 12 aromatic carbocycles. The molecule has 0 amide bonds. The summed E-state index contributed by atoms with van der Waals surface area (Å²) in [6.07, 6.45) is 0. The zero-order valence-corrected chi connectivity index (χ0v) is 38.0. The van der Waals surface area contributed by atoms with Gasteiger partial charge < -0.3 is 4.90 Å². The summed E-state index contributed by atoms with van der Waals surface area (Å²) >= 11 is 1.88. The molecule has 1 heterocycles. The van der Waals surface area contributed by atoms with E-state index in [1.807, 2.05) is 11.3 Å². The minimum absolute atomic E-state index is 1.09. The van der Waals surface area contributed by atoms with Crippen LogP contribution in [0.4, 0.5) is 17.1 Å². The Kier molecular flexibility index (Phi) is 9.77. The Morgan fingerprint density at radius 2 is 0.750 bits per heavy atom. The molecule has 0 saturated heterocycles. The van der Waals surface area contributed by atoms with Gasteiger partial charge in [-0.1, -0.05) is 206 Å². The molecule has 0 N–H and O–H groups in total. The number of rotatable bonds is 8. The molecule has 0 aliphatic carbocycles. The summed E-state index contributed by atoms with van der Waals surface area (Å²) in [6.45, 7) is 0. The first-order valence-corrected chi connectivity index (χ1v) is 24.1. The quantitative estimate of drug-likeness (QED) is 0.137. The lowest BCUT2D eigenvalue weighted by Crippen LogP contribution is -2.10. The van der Waals surface area contributed by atoms with Crippen molar-refractivity contribution in [2.75, 3.05) is 4.90 Å². The van der Waals surface area contributed by atoms with Gasteiger partial charge in [0.1, 0.15) is 0 Å². The molecule has 318 valence electrons. The number of nitrogens with zero attached hydrogens (tertiary/aromatic N) is 1. The Morgan fingerprint density at radius 1 is 0.250 bits per heavy atom. The van der Waals surface area contributed by atoms with Crippen molar-refractivity contribution in [2.24, 2.45) is 0 Å². The molecule has 0 bridgehead atoms. The Balaban J connectivity index is 0.974. The molecule has 0 saturated carbocycles. The van der Waals surface area contributed by atoms with E-state index in [9.17, 15) is 0 Å². The van der Waals surface area contributed by atoms with E-state index in [-0.39, 0.29) is 0 Å². The SMILES string of the molecule is c1ccc(-c2c(-c3ccccc3)c3cc(-c4cccc(N(c5ccc(-c6cccc7c6sc6ccccc67)cc5)c5cccc(-c6ccc7ccccc7c6)c5)c4)ccc3c3ccccc23)cc1. The van der Waals surface area contributed by atoms with Crippen LogP contribution >= 0.6 is 11.3 Å². The summed E-state index contributed by atoms with van der Waals surface area (Å²) < 4.78 is 2.64. The van der Waals surface area contributed by atoms with E-state index >= 15 is 0 Å². The van der Waals surface area contributed by atoms with Crippen molar-refractivity contribution in [3.8, 4) is 55.6 Å². The third-order valence-electron chi connectivity index (χ3n) is 13.6. The first-order valence-electron chi connectivity index (χ1n) is 23.3. The van der Waals surface area contributed by atoms with Gasteiger partial charge in [0.05, 0.1) is 0 Å². The van der Waals surface area contributed by atoms with Gasteiger partial charge in [-0.05, 0) is 143 Å². The second-order valence-electron chi connectivity index (χ2n) is 17.6. The number of benzene rings is 12. The molecule has 0 radical (unpaired) electrons. The Bertz CT molecular complexity index is 4020. The molecular weight excluding hydrogens is 839 g/mol. The van der Waals surface area contributed by atoms with Crippen LogP contribution in [0.25, 0.3) is 108 Å². The number of thiophene rings is 1. The summed E-state index contributed by atoms with van der Waals surface area (Å²) in [4.78, 5) is 2.41. The molecule has 0 spiro atoms. The highest BCUT2D eigenvalue weighted by molar-refractivity contribution is 7.26. The molecule has 0 unspecified atom stereocenters. The van der Waals surface area contributed by atoms with Crippen LogP contribution in [0.1, 0.15) is 0 Å². The van der Waals surface area contributed by atoms with Crippen molar-refractivity contribution in [3.63, 3.8) is 0 Å². The minimum Gasteiger partial charge on any atom is -0.310 e. The highest BCUT2D eigenvalue weighted by Gasteiger charge is 2.20. The second-order valence-corrected chi connectivity index (χ2v) is 18.7. The number of hydrogen-bond donors (Lipinski definition) is 0. The van der Waals surface area contributed by atoms with E-state index in [0.717, 1.165) is 22.6 Å². The van der Waals surface area contributed by atoms with E-state index in [1.54, 1.807) is 0 Å². The van der Waals surface area contributed by atoms with Gasteiger partial charge in [0.2, 0.25) is 0 Å². The van der Waals surface area contributed by atoms with Crippen LogP contribution in [0.2, 0.25) is 0 Å². The first-order chi connectivity index (χ1) is 33.7. The maximum absolute atomic E-state index is 2.42. The van der Waals surface area contributed by atoms with Crippen LogP contribution in [0.15, 0.2) is 261 Å². The molecule has 13 rings (SSSR count). The summed E-state index contributed by atoms with van der Waals surface area (Å²) in [5.74, 6) is 0. The van der Waals surface area contributed by atoms with E-state index in [0.29, 0.717) is 0 Å². The molecule has 68 heavy (non-hydrogen) atoms. The Labute approximate surface area is 400 Å². The van der Waals surface area contributed by atoms with Gasteiger partial charge in [0.25, 0.3) is 0 Å². The molecule has 1 nitrogen and oxygen atoms in total. The van der Waals surface area contributed by atoms with Crippen LogP contribution in [-0.2, 0) is 0 Å². The minimum atomic E-state index is 1.09. The maximum atomic E-state index is 2.42. The average Bonchev–Trinajstić information content (AvgIpc) is 3.80. The lowest BCUT2D eigenvalue weighted by molar-refractivity contribution is 1.28. The van der Waals surface area contributed by atoms with Crippen molar-refractivity contribution in [2.45, 2.75) is 0 Å². The molecule has 0 aliphatic rings. The van der Waals surface area contributed by atoms with E-state index in [1.165, 1.54) is 103 Å². The molecule has 0 aliphatic heterocycles. The fourth-order valence-electron chi connectivity index (χ4n) is 10.4. The third-order valence-corrected chi connectivity index (χ3v) is 14.8. The van der Waals surface area contributed by atoms with Gasteiger partial charge in [0, 0.05) is 37.2 Å². The van der Waals surface area contributed by atoms with Crippen LogP contribution in [0.5, 0.6) is 0 Å². The fraction of sp³-hybridized carbons (Fsp3) is 0. The standard InChI is InChI=1S/C66H43NS/c1-3-17-46(18-4-1)64-60-28-10-9-26-57(60)58-39-36-52(43-62(58)65(64)47-19-5-2-6-20-47)50-23-14-25-55(42-50)67(54-24-13-22-49(41-54)51-33-32-44-16-7-8-21-48(44)40-51)53-37-34-45(35-38-53)56-29-15-30-61-59-27-11-12-31-63(59)68-66(56)61/h1-43H. The molecule has 0 fully saturated rings. The molecule has 1 aromatic heterocycles. The van der Waals surface area contributed by atoms with Crippen molar-refractivity contribution < 1.29 is 0 Å². The van der Waals surface area contributed by atoms with Crippen molar-refractivity contribution in [3.05, 3.63) is 261 Å². The van der Waals surface area contributed by atoms with Crippen LogP contribution in [0, 0.1) is 0 Å². The largest absolute Gasteiger partial charge is 0.310 e. The number of fused-ring (bicyclic) bond motifs is 7. The molecule has 0 atom stereocenters. The third kappa shape index (κ3) is 6.93. The zero-order chi connectivity index (χ0) is 45.0. The average molecular weight is 882 g/mol. The lowest BCUT2D eigenvalue weighted by atomic mass is 9.84. The van der Waals surface area contributed by atoms with Gasteiger partial charge in [-0.25, -0.2) is 0 Å². The second kappa shape index (κ2) is 16.7. The Hall–Kier alpha value is -8.56. The van der Waals surface area contributed by atoms with Crippen molar-refractivity contribution in [1.29, 1.82) is 0 Å². The van der Waals surface area contributed by atoms with Gasteiger partial charge in [-0.15, -0.1) is 11.3 Å². The summed E-state index contributed by atoms with van der Waals surface area (Å²) in [7, 11) is 0. The van der Waals surface area contributed by atoms with E-state index in [4.69, 9.17) is 0 Å². The van der Waals surface area contributed by atoms with E-state index < -0.39 is 0 Å². The highest BCUT2D eigenvalue weighted by Crippen LogP contribution is 2.47. The predicted octanol–water partition coefficient (Wildman–Crippen LogP) is 19.3. The number of anilines is 3. The molecular formula is C66H43NS. The number of hydrogen-bond acceptors (Lipinski definition) is 2. The smallest absolute Gasteiger partial charge is 0.0467 e. The van der Waals surface area contributed by atoms with Crippen LogP contribution in [-0.4, -0.2) is 0 Å². The molecule has 13 aromatic rings. The summed E-state index contributed by atoms with van der Waals surface area (Å²) in [5.41, 5.74) is 15.4. The van der Waals surface area contributed by atoms with Gasteiger partial charge in [-0.3, -0.25) is 0 Å². The topological polar surface area (TPSA) is 3.24 Å². The van der Waals surface area contributed by atoms with Gasteiger partial charge in [-0.2, -0.15) is 0 Å². The predicted molar refractivity (Wildman–Crippen MR) is 294 cm³/mol. The van der Waals surface area contributed by atoms with Crippen molar-refractivity contribution in [1.82, 2.24) is 0 Å². The zero-order valence-electron chi connectivity index (χ0n) is 37.2. The van der Waals surface area contributed by atoms with Crippen molar-refractivity contribution >= 4 is 80.9 Å². The maximum Gasteiger partial charge on any atom is 0.0467 e. The van der Waals surface area contributed by atoms with Gasteiger partial charge in [0.15, 0.2) is 0 Å². The Morgan fingerprint density at radius 3 is 1.47 bits per heavy atom. The van der Waals surface area contributed by atoms with Crippen LogP contribution < -0.4 is 4.90 Å². The lowest BCUT2D eigenvalue weighted by Gasteiger charge is -2.27. The monoisotopic (exact) mass is 881 g/mol. The fourth-order valence-corrected chi connectivity index (χ4v) is 11.6. The van der Waals surface area contributed by atoms with E-state index in [2.05, 4.69) is 266 Å². The van der Waals surface area contributed by atoms with Crippen LogP contribution in [0.3, 0.4) is 0 Å². The van der Waals surface area contributed by atoms with Gasteiger partial charge >= 0.3 is 0 Å². The normalized spacial score (nSPS) is 11.5. The summed E-state index contributed by atoms with van der Waals surface area (Å²) in [6, 6.07) is 95.8.